The summed E-state index contributed by atoms with van der Waals surface area (Å²) in [6.07, 6.45) is 1.06. The number of rotatable bonds is 8. The van der Waals surface area contributed by atoms with Gasteiger partial charge in [0.15, 0.2) is 5.69 Å². The smallest absolute Gasteiger partial charge is 0.354 e. The summed E-state index contributed by atoms with van der Waals surface area (Å²) >= 11 is 0. The number of carbonyl (C=O) groups excluding carboxylic acids is 1. The molecule has 1 heterocycles. The van der Waals surface area contributed by atoms with Crippen molar-refractivity contribution < 1.29 is 24.2 Å². The Morgan fingerprint density at radius 1 is 1.15 bits per heavy atom. The van der Waals surface area contributed by atoms with Gasteiger partial charge in [-0.05, 0) is 0 Å². The number of ether oxygens (including phenoxy) is 2. The summed E-state index contributed by atoms with van der Waals surface area (Å²) in [6.45, 7) is 1.47. The molecule has 0 bridgehead atoms. The van der Waals surface area contributed by atoms with Crippen molar-refractivity contribution in [3.8, 4) is 0 Å². The van der Waals surface area contributed by atoms with Crippen LogP contribution in [-0.4, -0.2) is 72.4 Å². The lowest BCUT2D eigenvalue weighted by molar-refractivity contribution is 0.0621. The molecule has 0 fully saturated rings. The van der Waals surface area contributed by atoms with Gasteiger partial charge < -0.3 is 19.5 Å². The molecule has 0 aromatic carbocycles. The van der Waals surface area contributed by atoms with Crippen LogP contribution < -0.4 is 0 Å². The molecule has 1 N–H and O–H groups in total. The first-order valence-electron chi connectivity index (χ1n) is 5.92. The van der Waals surface area contributed by atoms with Crippen LogP contribution in [0.5, 0.6) is 0 Å². The third-order valence-electron chi connectivity index (χ3n) is 2.52. The van der Waals surface area contributed by atoms with E-state index in [1.807, 2.05) is 0 Å². The summed E-state index contributed by atoms with van der Waals surface area (Å²) in [4.78, 5) is 32.0. The fraction of sp³-hybridized carbons (Fsp3) is 0.500. The molecule has 1 aromatic heterocycles. The van der Waals surface area contributed by atoms with E-state index >= 15 is 0 Å². The van der Waals surface area contributed by atoms with Crippen LogP contribution in [0.1, 0.15) is 21.0 Å². The fourth-order valence-corrected chi connectivity index (χ4v) is 1.47. The number of aromatic carboxylic acids is 1. The lowest BCUT2D eigenvalue weighted by atomic mass is 10.3. The number of carbonyl (C=O) groups is 2. The minimum atomic E-state index is -1.21. The Labute approximate surface area is 116 Å². The first-order chi connectivity index (χ1) is 9.60. The topological polar surface area (TPSA) is 102 Å². The number of carboxylic acid groups (broad SMARTS) is 1. The van der Waals surface area contributed by atoms with E-state index in [-0.39, 0.29) is 17.3 Å². The quantitative estimate of drug-likeness (QED) is 0.711. The van der Waals surface area contributed by atoms with Gasteiger partial charge in [0, 0.05) is 33.4 Å². The Kier molecular flexibility index (Phi) is 6.54. The van der Waals surface area contributed by atoms with Gasteiger partial charge in [0.1, 0.15) is 12.0 Å². The van der Waals surface area contributed by atoms with Gasteiger partial charge in [0.25, 0.3) is 5.91 Å². The molecule has 0 spiro atoms. The molecule has 0 aliphatic rings. The number of carboxylic acids is 1. The largest absolute Gasteiger partial charge is 0.477 e. The Balaban J connectivity index is 2.86. The van der Waals surface area contributed by atoms with Crippen molar-refractivity contribution in [2.75, 3.05) is 40.5 Å². The zero-order chi connectivity index (χ0) is 15.0. The van der Waals surface area contributed by atoms with Gasteiger partial charge in [0.2, 0.25) is 0 Å². The van der Waals surface area contributed by atoms with Gasteiger partial charge in [-0.3, -0.25) is 4.79 Å². The number of methoxy groups -OCH3 is 2. The summed E-state index contributed by atoms with van der Waals surface area (Å²) in [6, 6.07) is 1.15. The zero-order valence-corrected chi connectivity index (χ0v) is 11.4. The summed E-state index contributed by atoms with van der Waals surface area (Å²) in [7, 11) is 3.07. The van der Waals surface area contributed by atoms with Crippen molar-refractivity contribution >= 4 is 11.9 Å². The molecule has 8 heteroatoms. The highest BCUT2D eigenvalue weighted by Gasteiger charge is 2.18. The van der Waals surface area contributed by atoms with E-state index in [0.717, 1.165) is 12.4 Å². The number of hydrogen-bond donors (Lipinski definition) is 1. The second kappa shape index (κ2) is 8.18. The molecule has 0 saturated carbocycles. The zero-order valence-electron chi connectivity index (χ0n) is 11.4. The normalized spacial score (nSPS) is 10.3. The van der Waals surface area contributed by atoms with Crippen LogP contribution in [0.15, 0.2) is 12.4 Å². The maximum Gasteiger partial charge on any atom is 0.354 e. The number of nitrogens with zero attached hydrogens (tertiary/aromatic N) is 3. The van der Waals surface area contributed by atoms with Crippen LogP contribution in [0.2, 0.25) is 0 Å². The van der Waals surface area contributed by atoms with Gasteiger partial charge in [-0.25, -0.2) is 14.8 Å². The number of amides is 1. The van der Waals surface area contributed by atoms with Crippen LogP contribution in [0.25, 0.3) is 0 Å². The first kappa shape index (κ1) is 16.0. The maximum atomic E-state index is 12.3. The van der Waals surface area contributed by atoms with Crippen LogP contribution in [-0.2, 0) is 9.47 Å². The summed E-state index contributed by atoms with van der Waals surface area (Å²) in [5.74, 6) is -1.59. The predicted molar refractivity (Wildman–Crippen MR) is 68.6 cm³/mol. The van der Waals surface area contributed by atoms with Crippen molar-refractivity contribution in [2.45, 2.75) is 0 Å². The van der Waals surface area contributed by atoms with E-state index in [1.165, 1.54) is 19.1 Å². The van der Waals surface area contributed by atoms with E-state index in [0.29, 0.717) is 26.3 Å². The van der Waals surface area contributed by atoms with Crippen molar-refractivity contribution in [2.24, 2.45) is 0 Å². The van der Waals surface area contributed by atoms with E-state index in [4.69, 9.17) is 14.6 Å². The van der Waals surface area contributed by atoms with Crippen molar-refractivity contribution in [1.29, 1.82) is 0 Å². The Bertz CT molecular complexity index is 458. The molecular weight excluding hydrogens is 266 g/mol. The average molecular weight is 283 g/mol. The van der Waals surface area contributed by atoms with E-state index in [9.17, 15) is 9.59 Å². The third kappa shape index (κ3) is 4.56. The Morgan fingerprint density at radius 3 is 2.20 bits per heavy atom. The molecule has 0 radical (unpaired) electrons. The van der Waals surface area contributed by atoms with Gasteiger partial charge in [-0.2, -0.15) is 0 Å². The standard InChI is InChI=1S/C12H17N3O5/c1-19-5-3-15(4-6-20-2)11(16)9-7-10(12(17)18)14-8-13-9/h7-8H,3-6H2,1-2H3,(H,17,18). The van der Waals surface area contributed by atoms with Gasteiger partial charge in [-0.15, -0.1) is 0 Å². The molecule has 0 saturated heterocycles. The lowest BCUT2D eigenvalue weighted by Gasteiger charge is -2.21. The molecule has 110 valence electrons. The molecule has 20 heavy (non-hydrogen) atoms. The van der Waals surface area contributed by atoms with Gasteiger partial charge >= 0.3 is 5.97 Å². The molecular formula is C12H17N3O5. The van der Waals surface area contributed by atoms with E-state index in [2.05, 4.69) is 9.97 Å². The predicted octanol–water partition coefficient (Wildman–Crippen LogP) is -0.0902. The van der Waals surface area contributed by atoms with Crippen LogP contribution in [0.4, 0.5) is 0 Å². The molecule has 1 amide bonds. The van der Waals surface area contributed by atoms with E-state index in [1.54, 1.807) is 0 Å². The Hall–Kier alpha value is -2.06. The molecule has 0 atom stereocenters. The molecule has 8 nitrogen and oxygen atoms in total. The summed E-state index contributed by atoms with van der Waals surface area (Å²) in [5.41, 5.74) is -0.189. The summed E-state index contributed by atoms with van der Waals surface area (Å²) in [5, 5.41) is 8.86. The lowest BCUT2D eigenvalue weighted by Crippen LogP contribution is -2.37. The molecule has 1 aromatic rings. The molecule has 1 rings (SSSR count). The van der Waals surface area contributed by atoms with Crippen LogP contribution >= 0.6 is 0 Å². The average Bonchev–Trinajstić information content (AvgIpc) is 2.47. The monoisotopic (exact) mass is 283 g/mol. The van der Waals surface area contributed by atoms with Gasteiger partial charge in [0.05, 0.1) is 13.2 Å². The van der Waals surface area contributed by atoms with E-state index < -0.39 is 5.97 Å². The third-order valence-corrected chi connectivity index (χ3v) is 2.52. The summed E-state index contributed by atoms with van der Waals surface area (Å²) < 4.78 is 9.88. The second-order valence-corrected chi connectivity index (χ2v) is 3.87. The van der Waals surface area contributed by atoms with Crippen LogP contribution in [0, 0.1) is 0 Å². The molecule has 0 unspecified atom stereocenters. The van der Waals surface area contributed by atoms with Crippen LogP contribution in [0.3, 0.4) is 0 Å². The van der Waals surface area contributed by atoms with Gasteiger partial charge in [-0.1, -0.05) is 0 Å². The fourth-order valence-electron chi connectivity index (χ4n) is 1.47. The maximum absolute atomic E-state index is 12.3. The molecule has 0 aliphatic heterocycles. The highest BCUT2D eigenvalue weighted by molar-refractivity contribution is 5.94. The second-order valence-electron chi connectivity index (χ2n) is 3.87. The number of hydrogen-bond acceptors (Lipinski definition) is 6. The molecule has 0 aliphatic carbocycles. The first-order valence-corrected chi connectivity index (χ1v) is 5.92. The Morgan fingerprint density at radius 2 is 1.70 bits per heavy atom. The highest BCUT2D eigenvalue weighted by atomic mass is 16.5. The number of aromatic nitrogens is 2. The minimum absolute atomic E-state index is 0.0320. The SMILES string of the molecule is COCCN(CCOC)C(=O)c1cc(C(=O)O)ncn1. The van der Waals surface area contributed by atoms with Crippen molar-refractivity contribution in [3.05, 3.63) is 23.8 Å². The van der Waals surface area contributed by atoms with Crippen molar-refractivity contribution in [1.82, 2.24) is 14.9 Å². The highest BCUT2D eigenvalue weighted by Crippen LogP contribution is 2.04. The minimum Gasteiger partial charge on any atom is -0.477 e. The van der Waals surface area contributed by atoms with Crippen molar-refractivity contribution in [3.63, 3.8) is 0 Å².